The van der Waals surface area contributed by atoms with Gasteiger partial charge < -0.3 is 10.6 Å². The number of carbonyl (C=O) groups excluding carboxylic acids is 2. The third-order valence-corrected chi connectivity index (χ3v) is 4.49. The van der Waals surface area contributed by atoms with Crippen LogP contribution < -0.4 is 10.6 Å². The van der Waals surface area contributed by atoms with Crippen LogP contribution in [0.25, 0.3) is 0 Å². The molecule has 0 unspecified atom stereocenters. The van der Waals surface area contributed by atoms with Gasteiger partial charge in [-0.3, -0.25) is 14.3 Å². The van der Waals surface area contributed by atoms with Gasteiger partial charge in [-0.15, -0.1) is 0 Å². The molecule has 2 N–H and O–H groups in total. The summed E-state index contributed by atoms with van der Waals surface area (Å²) in [5, 5.41) is 9.86. The average Bonchev–Trinajstić information content (AvgIpc) is 3.08. The fourth-order valence-corrected chi connectivity index (χ4v) is 2.75. The number of hydrogen-bond acceptors (Lipinski definition) is 3. The van der Waals surface area contributed by atoms with Crippen LogP contribution in [-0.2, 0) is 20.1 Å². The van der Waals surface area contributed by atoms with E-state index in [1.807, 2.05) is 62.4 Å². The van der Waals surface area contributed by atoms with Crippen molar-refractivity contribution in [1.82, 2.24) is 20.4 Å². The molecule has 0 saturated heterocycles. The third kappa shape index (κ3) is 4.85. The summed E-state index contributed by atoms with van der Waals surface area (Å²) in [4.78, 5) is 24.8. The number of rotatable bonds is 6. The van der Waals surface area contributed by atoms with Gasteiger partial charge in [-0.2, -0.15) is 5.10 Å². The van der Waals surface area contributed by atoms with E-state index in [0.717, 1.165) is 11.1 Å². The van der Waals surface area contributed by atoms with Crippen molar-refractivity contribution in [1.29, 1.82) is 0 Å². The third-order valence-electron chi connectivity index (χ3n) is 4.49. The lowest BCUT2D eigenvalue weighted by Gasteiger charge is -2.05. The number of benzene rings is 2. The van der Waals surface area contributed by atoms with Gasteiger partial charge in [0.1, 0.15) is 5.69 Å². The molecule has 0 bridgehead atoms. The van der Waals surface area contributed by atoms with E-state index in [0.29, 0.717) is 18.8 Å². The van der Waals surface area contributed by atoms with Crippen molar-refractivity contribution >= 4 is 11.8 Å². The Bertz CT molecular complexity index is 973. The highest BCUT2D eigenvalue weighted by molar-refractivity contribution is 5.97. The molecule has 3 rings (SSSR count). The predicted molar refractivity (Wildman–Crippen MR) is 108 cm³/mol. The quantitative estimate of drug-likeness (QED) is 0.695. The highest BCUT2D eigenvalue weighted by Gasteiger charge is 2.17. The van der Waals surface area contributed by atoms with Gasteiger partial charge in [-0.05, 0) is 25.0 Å². The lowest BCUT2D eigenvalue weighted by Crippen LogP contribution is -2.25. The van der Waals surface area contributed by atoms with Crippen LogP contribution in [-0.4, -0.2) is 21.6 Å². The van der Waals surface area contributed by atoms with Crippen LogP contribution in [0.5, 0.6) is 0 Å². The number of hydrogen-bond donors (Lipinski definition) is 2. The first-order valence-electron chi connectivity index (χ1n) is 9.14. The van der Waals surface area contributed by atoms with Gasteiger partial charge in [-0.1, -0.05) is 59.7 Å². The molecule has 6 nitrogen and oxygen atoms in total. The van der Waals surface area contributed by atoms with E-state index in [2.05, 4.69) is 15.7 Å². The van der Waals surface area contributed by atoms with Crippen LogP contribution in [0.4, 0.5) is 0 Å². The molecule has 144 valence electrons. The highest BCUT2D eigenvalue weighted by Crippen LogP contribution is 2.07. The summed E-state index contributed by atoms with van der Waals surface area (Å²) in [6.07, 6.45) is 0. The molecule has 0 radical (unpaired) electrons. The van der Waals surface area contributed by atoms with E-state index in [4.69, 9.17) is 0 Å². The van der Waals surface area contributed by atoms with Crippen LogP contribution in [0.2, 0.25) is 0 Å². The Morgan fingerprint density at radius 1 is 0.821 bits per heavy atom. The maximum atomic E-state index is 12.4. The molecule has 6 heteroatoms. The number of carbonyl (C=O) groups is 2. The summed E-state index contributed by atoms with van der Waals surface area (Å²) < 4.78 is 1.42. The van der Waals surface area contributed by atoms with Gasteiger partial charge in [0, 0.05) is 26.2 Å². The smallest absolute Gasteiger partial charge is 0.272 e. The van der Waals surface area contributed by atoms with E-state index in [-0.39, 0.29) is 17.5 Å². The Morgan fingerprint density at radius 2 is 1.29 bits per heavy atom. The molecule has 1 aromatic heterocycles. The van der Waals surface area contributed by atoms with Crippen LogP contribution >= 0.6 is 0 Å². The van der Waals surface area contributed by atoms with E-state index in [1.54, 1.807) is 7.05 Å². The Balaban J connectivity index is 1.59. The first-order chi connectivity index (χ1) is 13.4. The molecule has 0 spiro atoms. The molecule has 0 aliphatic heterocycles. The van der Waals surface area contributed by atoms with Gasteiger partial charge in [0.05, 0.1) is 0 Å². The first kappa shape index (κ1) is 19.4. The van der Waals surface area contributed by atoms with Crippen molar-refractivity contribution in [3.8, 4) is 0 Å². The lowest BCUT2D eigenvalue weighted by molar-refractivity contribution is 0.0935. The maximum absolute atomic E-state index is 12.4. The number of nitrogens with zero attached hydrogens (tertiary/aromatic N) is 2. The molecule has 0 aliphatic rings. The summed E-state index contributed by atoms with van der Waals surface area (Å²) in [6.45, 7) is 4.86. The standard InChI is InChI=1S/C22H24N4O2/c1-15-4-8-17(9-5-15)13-23-21(27)19-12-20(26(3)25-19)22(28)24-14-18-10-6-16(2)7-11-18/h4-12H,13-14H2,1-3H3,(H,23,27)(H,24,28). The van der Waals surface area contributed by atoms with Crippen LogP contribution in [0, 0.1) is 13.8 Å². The van der Waals surface area contributed by atoms with Crippen molar-refractivity contribution in [2.45, 2.75) is 26.9 Å². The van der Waals surface area contributed by atoms with E-state index in [1.165, 1.54) is 21.9 Å². The van der Waals surface area contributed by atoms with Crippen molar-refractivity contribution in [3.05, 3.63) is 88.2 Å². The van der Waals surface area contributed by atoms with Crippen molar-refractivity contribution < 1.29 is 9.59 Å². The van der Waals surface area contributed by atoms with Gasteiger partial charge in [0.25, 0.3) is 11.8 Å². The van der Waals surface area contributed by atoms with E-state index < -0.39 is 0 Å². The van der Waals surface area contributed by atoms with E-state index >= 15 is 0 Å². The molecule has 0 aliphatic carbocycles. The number of nitrogens with one attached hydrogen (secondary N) is 2. The van der Waals surface area contributed by atoms with Crippen LogP contribution in [0.15, 0.2) is 54.6 Å². The van der Waals surface area contributed by atoms with Gasteiger partial charge in [0.2, 0.25) is 0 Å². The Hall–Kier alpha value is -3.41. The topological polar surface area (TPSA) is 76.0 Å². The number of aryl methyl sites for hydroxylation is 3. The minimum atomic E-state index is -0.311. The van der Waals surface area contributed by atoms with Gasteiger partial charge >= 0.3 is 0 Å². The molecular formula is C22H24N4O2. The average molecular weight is 376 g/mol. The van der Waals surface area contributed by atoms with Gasteiger partial charge in [-0.25, -0.2) is 0 Å². The molecule has 0 fully saturated rings. The molecule has 0 saturated carbocycles. The monoisotopic (exact) mass is 376 g/mol. The molecule has 3 aromatic rings. The lowest BCUT2D eigenvalue weighted by atomic mass is 10.1. The normalized spacial score (nSPS) is 10.5. The second kappa shape index (κ2) is 8.52. The van der Waals surface area contributed by atoms with E-state index in [9.17, 15) is 9.59 Å². The Labute approximate surface area is 164 Å². The summed E-state index contributed by atoms with van der Waals surface area (Å²) in [7, 11) is 1.65. The summed E-state index contributed by atoms with van der Waals surface area (Å²) >= 11 is 0. The molecule has 2 aromatic carbocycles. The molecule has 2 amide bonds. The summed E-state index contributed by atoms with van der Waals surface area (Å²) in [5.74, 6) is -0.582. The zero-order valence-electron chi connectivity index (χ0n) is 16.3. The first-order valence-corrected chi connectivity index (χ1v) is 9.14. The Kier molecular flexibility index (Phi) is 5.89. The largest absolute Gasteiger partial charge is 0.347 e. The fraction of sp³-hybridized carbons (Fsp3) is 0.227. The molecule has 1 heterocycles. The molecular weight excluding hydrogens is 352 g/mol. The minimum Gasteiger partial charge on any atom is -0.347 e. The second-order valence-corrected chi connectivity index (χ2v) is 6.87. The van der Waals surface area contributed by atoms with Crippen LogP contribution in [0.1, 0.15) is 43.2 Å². The van der Waals surface area contributed by atoms with Crippen molar-refractivity contribution in [2.75, 3.05) is 0 Å². The van der Waals surface area contributed by atoms with Crippen LogP contribution in [0.3, 0.4) is 0 Å². The van der Waals surface area contributed by atoms with Gasteiger partial charge in [0.15, 0.2) is 5.69 Å². The number of amides is 2. The van der Waals surface area contributed by atoms with Crippen molar-refractivity contribution in [3.63, 3.8) is 0 Å². The summed E-state index contributed by atoms with van der Waals surface area (Å²) in [5.41, 5.74) is 4.91. The molecule has 0 atom stereocenters. The fourth-order valence-electron chi connectivity index (χ4n) is 2.75. The zero-order valence-corrected chi connectivity index (χ0v) is 16.3. The predicted octanol–water partition coefficient (Wildman–Crippen LogP) is 2.90. The SMILES string of the molecule is Cc1ccc(CNC(=O)c2cc(C(=O)NCc3ccc(C)cc3)n(C)n2)cc1. The Morgan fingerprint density at radius 3 is 1.79 bits per heavy atom. The van der Waals surface area contributed by atoms with Crippen molar-refractivity contribution in [2.24, 2.45) is 7.05 Å². The summed E-state index contributed by atoms with van der Waals surface area (Å²) in [6, 6.07) is 17.4. The number of aromatic nitrogens is 2. The molecule has 28 heavy (non-hydrogen) atoms. The highest BCUT2D eigenvalue weighted by atomic mass is 16.2. The second-order valence-electron chi connectivity index (χ2n) is 6.87. The minimum absolute atomic E-state index is 0.218. The maximum Gasteiger partial charge on any atom is 0.272 e. The zero-order chi connectivity index (χ0) is 20.1.